The minimum Gasteiger partial charge on any atom is -0.481 e. The average Bonchev–Trinajstić information content (AvgIpc) is 2.97. The Bertz CT molecular complexity index is 546. The Hall–Kier alpha value is -1.23. The molecule has 1 aliphatic carbocycles. The summed E-state index contributed by atoms with van der Waals surface area (Å²) >= 11 is 3.43. The van der Waals surface area contributed by atoms with Crippen LogP contribution in [-0.2, 0) is 10.2 Å². The standard InChI is InChI=1S/C13H13BrO4/c1-12(2)17-9-5-7(8(14)6-10(9)18-12)13(3-4-13)11(15)16/h5-6H,3-4H2,1-2H3,(H,15,16). The van der Waals surface area contributed by atoms with Gasteiger partial charge in [-0.1, -0.05) is 15.9 Å². The lowest BCUT2D eigenvalue weighted by Gasteiger charge is -2.16. The van der Waals surface area contributed by atoms with Gasteiger partial charge >= 0.3 is 5.97 Å². The lowest BCUT2D eigenvalue weighted by Crippen LogP contribution is -2.29. The number of halogens is 1. The molecule has 1 saturated carbocycles. The highest BCUT2D eigenvalue weighted by Gasteiger charge is 2.53. The van der Waals surface area contributed by atoms with Crippen molar-refractivity contribution in [3.63, 3.8) is 0 Å². The number of rotatable bonds is 2. The predicted octanol–water partition coefficient (Wildman–Crippen LogP) is 3.07. The SMILES string of the molecule is CC1(C)Oc2cc(Br)c(C3(C(=O)O)CC3)cc2O1. The molecule has 1 N–H and O–H groups in total. The number of fused-ring (bicyclic) bond motifs is 1. The van der Waals surface area contributed by atoms with E-state index in [2.05, 4.69) is 15.9 Å². The number of carbonyl (C=O) groups is 1. The average molecular weight is 313 g/mol. The summed E-state index contributed by atoms with van der Waals surface area (Å²) in [5.74, 6) is -0.204. The summed E-state index contributed by atoms with van der Waals surface area (Å²) in [6, 6.07) is 3.58. The molecule has 96 valence electrons. The van der Waals surface area contributed by atoms with Crippen LogP contribution in [0.15, 0.2) is 16.6 Å². The van der Waals surface area contributed by atoms with Gasteiger partial charge in [-0.15, -0.1) is 0 Å². The molecule has 0 aromatic heterocycles. The van der Waals surface area contributed by atoms with Crippen LogP contribution < -0.4 is 9.47 Å². The molecule has 1 aromatic rings. The van der Waals surface area contributed by atoms with E-state index in [0.29, 0.717) is 24.3 Å². The molecule has 18 heavy (non-hydrogen) atoms. The summed E-state index contributed by atoms with van der Waals surface area (Å²) < 4.78 is 12.0. The van der Waals surface area contributed by atoms with Gasteiger partial charge in [0.15, 0.2) is 11.5 Å². The van der Waals surface area contributed by atoms with E-state index >= 15 is 0 Å². The first-order valence-corrected chi connectivity index (χ1v) is 6.59. The molecule has 0 bridgehead atoms. The molecular formula is C13H13BrO4. The van der Waals surface area contributed by atoms with Crippen molar-refractivity contribution in [1.29, 1.82) is 0 Å². The predicted molar refractivity (Wildman–Crippen MR) is 68.0 cm³/mol. The van der Waals surface area contributed by atoms with Crippen molar-refractivity contribution in [3.8, 4) is 11.5 Å². The Kier molecular flexibility index (Phi) is 2.24. The van der Waals surface area contributed by atoms with Gasteiger partial charge in [0.05, 0.1) is 5.41 Å². The Labute approximate surface area is 113 Å². The van der Waals surface area contributed by atoms with Gasteiger partial charge in [0.2, 0.25) is 5.79 Å². The van der Waals surface area contributed by atoms with Crippen LogP contribution in [0.1, 0.15) is 32.3 Å². The van der Waals surface area contributed by atoms with Crippen LogP contribution in [0.3, 0.4) is 0 Å². The second-order valence-corrected chi connectivity index (χ2v) is 6.12. The minimum atomic E-state index is -0.777. The third kappa shape index (κ3) is 1.61. The van der Waals surface area contributed by atoms with E-state index in [4.69, 9.17) is 9.47 Å². The topological polar surface area (TPSA) is 55.8 Å². The van der Waals surface area contributed by atoms with Gasteiger partial charge in [0.1, 0.15) is 0 Å². The van der Waals surface area contributed by atoms with Gasteiger partial charge in [-0.05, 0) is 30.5 Å². The second-order valence-electron chi connectivity index (χ2n) is 5.27. The van der Waals surface area contributed by atoms with Gasteiger partial charge in [-0.25, -0.2) is 0 Å². The van der Waals surface area contributed by atoms with Crippen LogP contribution in [-0.4, -0.2) is 16.9 Å². The van der Waals surface area contributed by atoms with Gasteiger partial charge in [0, 0.05) is 18.3 Å². The first-order valence-electron chi connectivity index (χ1n) is 5.80. The molecule has 1 heterocycles. The molecule has 1 fully saturated rings. The number of carboxylic acids is 1. The zero-order valence-electron chi connectivity index (χ0n) is 10.1. The largest absolute Gasteiger partial charge is 0.481 e. The van der Waals surface area contributed by atoms with E-state index in [1.807, 2.05) is 13.8 Å². The molecule has 1 aliphatic heterocycles. The second kappa shape index (κ2) is 3.41. The summed E-state index contributed by atoms with van der Waals surface area (Å²) in [6.45, 7) is 3.65. The normalized spacial score (nSPS) is 21.7. The molecule has 3 rings (SSSR count). The van der Waals surface area contributed by atoms with Crippen LogP contribution in [0.4, 0.5) is 0 Å². The van der Waals surface area contributed by atoms with E-state index in [9.17, 15) is 9.90 Å². The molecule has 1 aromatic carbocycles. The van der Waals surface area contributed by atoms with E-state index in [0.717, 1.165) is 10.0 Å². The van der Waals surface area contributed by atoms with E-state index in [-0.39, 0.29) is 0 Å². The quantitative estimate of drug-likeness (QED) is 0.911. The Morgan fingerprint density at radius 1 is 1.28 bits per heavy atom. The van der Waals surface area contributed by atoms with Crippen molar-refractivity contribution in [2.45, 2.75) is 37.9 Å². The molecule has 0 atom stereocenters. The molecule has 0 spiro atoms. The fourth-order valence-electron chi connectivity index (χ4n) is 2.34. The lowest BCUT2D eigenvalue weighted by atomic mass is 9.96. The van der Waals surface area contributed by atoms with E-state index in [1.165, 1.54) is 0 Å². The van der Waals surface area contributed by atoms with E-state index in [1.54, 1.807) is 12.1 Å². The summed E-state index contributed by atoms with van der Waals surface area (Å²) in [4.78, 5) is 11.4. The van der Waals surface area contributed by atoms with Crippen molar-refractivity contribution in [3.05, 3.63) is 22.2 Å². The maximum atomic E-state index is 11.4. The Morgan fingerprint density at radius 3 is 2.33 bits per heavy atom. The number of benzene rings is 1. The summed E-state index contributed by atoms with van der Waals surface area (Å²) in [6.07, 6.45) is 1.34. The maximum Gasteiger partial charge on any atom is 0.314 e. The van der Waals surface area contributed by atoms with Crippen molar-refractivity contribution in [1.82, 2.24) is 0 Å². The highest BCUT2D eigenvalue weighted by molar-refractivity contribution is 9.10. The molecule has 4 nitrogen and oxygen atoms in total. The highest BCUT2D eigenvalue weighted by atomic mass is 79.9. The molecule has 2 aliphatic rings. The first kappa shape index (κ1) is 11.8. The molecule has 0 amide bonds. The highest BCUT2D eigenvalue weighted by Crippen LogP contribution is 2.54. The van der Waals surface area contributed by atoms with Crippen molar-refractivity contribution in [2.24, 2.45) is 0 Å². The van der Waals surface area contributed by atoms with E-state index < -0.39 is 17.2 Å². The van der Waals surface area contributed by atoms with Crippen LogP contribution in [0.25, 0.3) is 0 Å². The van der Waals surface area contributed by atoms with Gasteiger partial charge in [0.25, 0.3) is 0 Å². The minimum absolute atomic E-state index is 0.616. The monoisotopic (exact) mass is 312 g/mol. The van der Waals surface area contributed by atoms with Gasteiger partial charge in [-0.2, -0.15) is 0 Å². The zero-order chi connectivity index (χ0) is 13.1. The first-order chi connectivity index (χ1) is 8.34. The van der Waals surface area contributed by atoms with Gasteiger partial charge < -0.3 is 14.6 Å². The van der Waals surface area contributed by atoms with Crippen LogP contribution in [0.2, 0.25) is 0 Å². The van der Waals surface area contributed by atoms with Crippen LogP contribution in [0.5, 0.6) is 11.5 Å². The fourth-order valence-corrected chi connectivity index (χ4v) is 3.04. The van der Waals surface area contributed by atoms with Crippen molar-refractivity contribution in [2.75, 3.05) is 0 Å². The number of carboxylic acid groups (broad SMARTS) is 1. The number of ether oxygens (including phenoxy) is 2. The Balaban J connectivity index is 2.08. The molecule has 5 heteroatoms. The molecule has 0 unspecified atom stereocenters. The maximum absolute atomic E-state index is 11.4. The lowest BCUT2D eigenvalue weighted by molar-refractivity contribution is -0.140. The number of hydrogen-bond acceptors (Lipinski definition) is 3. The smallest absolute Gasteiger partial charge is 0.314 e. The summed E-state index contributed by atoms with van der Waals surface area (Å²) in [5.41, 5.74) is 0.0271. The summed E-state index contributed by atoms with van der Waals surface area (Å²) in [7, 11) is 0. The van der Waals surface area contributed by atoms with Crippen molar-refractivity contribution < 1.29 is 19.4 Å². The summed E-state index contributed by atoms with van der Waals surface area (Å²) in [5, 5.41) is 9.34. The zero-order valence-corrected chi connectivity index (χ0v) is 11.7. The van der Waals surface area contributed by atoms with Crippen LogP contribution >= 0.6 is 15.9 Å². The number of aliphatic carboxylic acids is 1. The third-order valence-electron chi connectivity index (χ3n) is 3.42. The van der Waals surface area contributed by atoms with Crippen molar-refractivity contribution >= 4 is 21.9 Å². The fraction of sp³-hybridized carbons (Fsp3) is 0.462. The molecule has 0 radical (unpaired) electrons. The third-order valence-corrected chi connectivity index (χ3v) is 4.08. The molecule has 0 saturated heterocycles. The number of hydrogen-bond donors (Lipinski definition) is 1. The van der Waals surface area contributed by atoms with Gasteiger partial charge in [-0.3, -0.25) is 4.79 Å². The van der Waals surface area contributed by atoms with Crippen LogP contribution in [0, 0.1) is 0 Å². The molecular weight excluding hydrogens is 300 g/mol. The Morgan fingerprint density at radius 2 is 1.83 bits per heavy atom.